The summed E-state index contributed by atoms with van der Waals surface area (Å²) in [6.07, 6.45) is 0.232. The fourth-order valence-electron chi connectivity index (χ4n) is 2.99. The quantitative estimate of drug-likeness (QED) is 0.431. The Bertz CT molecular complexity index is 780. The maximum absolute atomic E-state index is 12.3. The summed E-state index contributed by atoms with van der Waals surface area (Å²) in [5.41, 5.74) is 0.884. The van der Waals surface area contributed by atoms with Crippen LogP contribution in [0, 0.1) is 0 Å². The normalized spacial score (nSPS) is 19.6. The summed E-state index contributed by atoms with van der Waals surface area (Å²) in [6.45, 7) is 1.67. The average molecular weight is 403 g/mol. The number of carbonyl (C=O) groups excluding carboxylic acids is 4. The van der Waals surface area contributed by atoms with E-state index in [-0.39, 0.29) is 25.0 Å². The molecular formula is C20H25N3O6. The predicted octanol–water partition coefficient (Wildman–Crippen LogP) is -0.0689. The lowest BCUT2D eigenvalue weighted by atomic mass is 10.0. The Morgan fingerprint density at radius 3 is 2.31 bits per heavy atom. The van der Waals surface area contributed by atoms with Crippen molar-refractivity contribution >= 4 is 29.5 Å². The Kier molecular flexibility index (Phi) is 7.88. The molecule has 1 saturated heterocycles. The molecule has 0 saturated carbocycles. The first kappa shape index (κ1) is 22.1. The van der Waals surface area contributed by atoms with Gasteiger partial charge in [-0.3, -0.25) is 19.2 Å². The van der Waals surface area contributed by atoms with Crippen molar-refractivity contribution in [1.29, 1.82) is 0 Å². The molecule has 0 aliphatic carbocycles. The Morgan fingerprint density at radius 2 is 1.69 bits per heavy atom. The molecule has 3 amide bonds. The van der Waals surface area contributed by atoms with Crippen molar-refractivity contribution < 1.29 is 29.1 Å². The van der Waals surface area contributed by atoms with Crippen LogP contribution in [-0.2, 0) is 30.4 Å². The highest BCUT2D eigenvalue weighted by atomic mass is 16.4. The summed E-state index contributed by atoms with van der Waals surface area (Å²) in [4.78, 5) is 59.4. The zero-order chi connectivity index (χ0) is 21.4. The summed E-state index contributed by atoms with van der Waals surface area (Å²) in [6, 6.07) is 6.14. The minimum absolute atomic E-state index is 0.0316. The van der Waals surface area contributed by atoms with E-state index in [1.54, 1.807) is 6.92 Å². The van der Waals surface area contributed by atoms with Crippen LogP contribution in [0.1, 0.15) is 38.2 Å². The molecule has 0 radical (unpaired) electrons. The molecule has 0 unspecified atom stereocenters. The van der Waals surface area contributed by atoms with Crippen LogP contribution in [0.3, 0.4) is 0 Å². The molecule has 9 nitrogen and oxygen atoms in total. The maximum Gasteiger partial charge on any atom is 0.326 e. The number of aliphatic carboxylic acids is 1. The number of Topliss-reactive ketones (excluding diaryl/α,β-unsaturated/α-hetero) is 1. The molecular weight excluding hydrogens is 378 g/mol. The Hall–Kier alpha value is -3.23. The van der Waals surface area contributed by atoms with Crippen LogP contribution in [0.15, 0.2) is 30.3 Å². The molecule has 4 N–H and O–H groups in total. The molecule has 3 atom stereocenters. The highest BCUT2D eigenvalue weighted by Crippen LogP contribution is 2.09. The van der Waals surface area contributed by atoms with Crippen LogP contribution in [0.25, 0.3) is 0 Å². The standard InChI is InChI=1S/C20H25N3O6/c1-2-13(24)8-9-14(20(28)29)21-17(25)11-16-19(27)22-15(18(26)23-16)10-12-6-4-3-5-7-12/h3-7,14-16H,2,8-11H2,1H3,(H,21,25)(H,22,27)(H,23,26)(H,28,29)/t14-,15+,16+/m1/s1. The fourth-order valence-corrected chi connectivity index (χ4v) is 2.99. The Morgan fingerprint density at radius 1 is 1.07 bits per heavy atom. The SMILES string of the molecule is CCC(=O)CC[C@@H](NC(=O)C[C@@H]1NC(=O)[C@H](Cc2ccccc2)NC1=O)C(=O)O. The number of carboxylic acids is 1. The van der Waals surface area contributed by atoms with Gasteiger partial charge in [-0.05, 0) is 12.0 Å². The number of carboxylic acid groups (broad SMARTS) is 1. The first-order valence-electron chi connectivity index (χ1n) is 9.48. The number of rotatable bonds is 10. The summed E-state index contributed by atoms with van der Waals surface area (Å²) >= 11 is 0. The van der Waals surface area contributed by atoms with Crippen molar-refractivity contribution in [2.75, 3.05) is 0 Å². The Balaban J connectivity index is 1.88. The van der Waals surface area contributed by atoms with E-state index < -0.39 is 41.8 Å². The van der Waals surface area contributed by atoms with Gasteiger partial charge in [-0.1, -0.05) is 37.3 Å². The molecule has 29 heavy (non-hydrogen) atoms. The Labute approximate surface area is 168 Å². The van der Waals surface area contributed by atoms with Crippen LogP contribution in [0.2, 0.25) is 0 Å². The van der Waals surface area contributed by atoms with Crippen molar-refractivity contribution in [2.24, 2.45) is 0 Å². The number of hydrogen-bond acceptors (Lipinski definition) is 5. The van der Waals surface area contributed by atoms with E-state index in [4.69, 9.17) is 0 Å². The molecule has 1 aliphatic rings. The number of ketones is 1. The monoisotopic (exact) mass is 403 g/mol. The van der Waals surface area contributed by atoms with Gasteiger partial charge in [0.25, 0.3) is 0 Å². The van der Waals surface area contributed by atoms with Gasteiger partial charge in [0.1, 0.15) is 23.9 Å². The van der Waals surface area contributed by atoms with Crippen LogP contribution in [-0.4, -0.2) is 52.7 Å². The minimum atomic E-state index is -1.26. The van der Waals surface area contributed by atoms with Crippen molar-refractivity contribution in [3.63, 3.8) is 0 Å². The number of hydrogen-bond donors (Lipinski definition) is 4. The van der Waals surface area contributed by atoms with Crippen molar-refractivity contribution in [1.82, 2.24) is 16.0 Å². The van der Waals surface area contributed by atoms with Crippen LogP contribution in [0.5, 0.6) is 0 Å². The summed E-state index contributed by atoms with van der Waals surface area (Å²) < 4.78 is 0. The van der Waals surface area contributed by atoms with Crippen LogP contribution in [0.4, 0.5) is 0 Å². The second kappa shape index (κ2) is 10.4. The summed E-state index contributed by atoms with van der Waals surface area (Å²) in [5, 5.41) is 16.6. The van der Waals surface area contributed by atoms with Crippen LogP contribution < -0.4 is 16.0 Å². The van der Waals surface area contributed by atoms with Gasteiger partial charge in [0, 0.05) is 19.3 Å². The van der Waals surface area contributed by atoms with E-state index in [2.05, 4.69) is 16.0 Å². The van der Waals surface area contributed by atoms with E-state index in [1.165, 1.54) is 0 Å². The second-order valence-electron chi connectivity index (χ2n) is 6.91. The van der Waals surface area contributed by atoms with Gasteiger partial charge in [-0.15, -0.1) is 0 Å². The number of carbonyl (C=O) groups is 5. The molecule has 2 rings (SSSR count). The van der Waals surface area contributed by atoms with E-state index in [1.807, 2.05) is 30.3 Å². The van der Waals surface area contributed by atoms with Crippen LogP contribution >= 0.6 is 0 Å². The van der Waals surface area contributed by atoms with Crippen molar-refractivity contribution in [2.45, 2.75) is 57.2 Å². The van der Waals surface area contributed by atoms with E-state index >= 15 is 0 Å². The highest BCUT2D eigenvalue weighted by Gasteiger charge is 2.35. The van der Waals surface area contributed by atoms with Crippen molar-refractivity contribution in [3.05, 3.63) is 35.9 Å². The highest BCUT2D eigenvalue weighted by molar-refractivity contribution is 5.99. The van der Waals surface area contributed by atoms with Gasteiger partial charge in [0.15, 0.2) is 0 Å². The predicted molar refractivity (Wildman–Crippen MR) is 103 cm³/mol. The van der Waals surface area contributed by atoms with Crippen molar-refractivity contribution in [3.8, 4) is 0 Å². The van der Waals surface area contributed by atoms with Gasteiger partial charge in [0.2, 0.25) is 17.7 Å². The topological polar surface area (TPSA) is 142 Å². The van der Waals surface area contributed by atoms with Gasteiger partial charge in [-0.2, -0.15) is 0 Å². The second-order valence-corrected chi connectivity index (χ2v) is 6.91. The maximum atomic E-state index is 12.3. The number of piperazine rings is 1. The minimum Gasteiger partial charge on any atom is -0.480 e. The largest absolute Gasteiger partial charge is 0.480 e. The smallest absolute Gasteiger partial charge is 0.326 e. The molecule has 1 aromatic carbocycles. The third-order valence-corrected chi connectivity index (χ3v) is 4.68. The molecule has 1 fully saturated rings. The third-order valence-electron chi connectivity index (χ3n) is 4.68. The molecule has 0 spiro atoms. The first-order valence-corrected chi connectivity index (χ1v) is 9.48. The fraction of sp³-hybridized carbons (Fsp3) is 0.450. The van der Waals surface area contributed by atoms with Gasteiger partial charge in [0.05, 0.1) is 6.42 Å². The van der Waals surface area contributed by atoms with E-state index in [0.717, 1.165) is 5.56 Å². The molecule has 156 valence electrons. The van der Waals surface area contributed by atoms with Gasteiger partial charge >= 0.3 is 5.97 Å². The average Bonchev–Trinajstić information content (AvgIpc) is 2.69. The number of nitrogens with one attached hydrogen (secondary N) is 3. The summed E-state index contributed by atoms with van der Waals surface area (Å²) in [5.74, 6) is -2.97. The molecule has 1 heterocycles. The summed E-state index contributed by atoms with van der Waals surface area (Å²) in [7, 11) is 0. The zero-order valence-corrected chi connectivity index (χ0v) is 16.1. The lowest BCUT2D eigenvalue weighted by Gasteiger charge is -2.29. The van der Waals surface area contributed by atoms with E-state index in [0.29, 0.717) is 12.8 Å². The number of benzene rings is 1. The molecule has 1 aromatic rings. The first-order chi connectivity index (χ1) is 13.8. The zero-order valence-electron chi connectivity index (χ0n) is 16.1. The van der Waals surface area contributed by atoms with Gasteiger partial charge in [-0.25, -0.2) is 4.79 Å². The third kappa shape index (κ3) is 6.70. The van der Waals surface area contributed by atoms with Gasteiger partial charge < -0.3 is 21.1 Å². The van der Waals surface area contributed by atoms with E-state index in [9.17, 15) is 29.1 Å². The molecule has 0 aromatic heterocycles. The molecule has 1 aliphatic heterocycles. The lowest BCUT2D eigenvalue weighted by Crippen LogP contribution is -2.63. The molecule has 0 bridgehead atoms. The molecule has 9 heteroatoms. The number of amides is 3. The lowest BCUT2D eigenvalue weighted by molar-refractivity contribution is -0.143.